The maximum atomic E-state index is 11.1. The number of rotatable bonds is 3. The molecule has 1 fully saturated rings. The molecule has 0 saturated heterocycles. The summed E-state index contributed by atoms with van der Waals surface area (Å²) in [6, 6.07) is 39.4. The second kappa shape index (κ2) is 22.5. The van der Waals surface area contributed by atoms with Gasteiger partial charge >= 0.3 is 37.9 Å². The van der Waals surface area contributed by atoms with Crippen molar-refractivity contribution in [2.24, 2.45) is 5.92 Å². The van der Waals surface area contributed by atoms with E-state index in [-0.39, 0.29) is 21.3 Å². The first-order valence-corrected chi connectivity index (χ1v) is 23.3. The average molecular weight is 721 g/mol. The van der Waals surface area contributed by atoms with Crippen LogP contribution in [-0.2, 0) is 32.1 Å². The molecule has 0 atom stereocenters. The molecule has 1 N–H and O–H groups in total. The monoisotopic (exact) mass is 718 g/mol. The van der Waals surface area contributed by atoms with Crippen LogP contribution in [0.25, 0.3) is 16.9 Å². The van der Waals surface area contributed by atoms with Crippen molar-refractivity contribution >= 4 is 42.8 Å². The van der Waals surface area contributed by atoms with Crippen molar-refractivity contribution in [1.29, 1.82) is 0 Å². The first-order valence-electron chi connectivity index (χ1n) is 15.9. The van der Waals surface area contributed by atoms with Crippen LogP contribution in [0.1, 0.15) is 81.8 Å². The van der Waals surface area contributed by atoms with E-state index in [4.69, 9.17) is 22.8 Å². The Labute approximate surface area is 286 Å². The van der Waals surface area contributed by atoms with E-state index in [1.807, 2.05) is 6.07 Å². The Kier molecular flexibility index (Phi) is 18.7. The van der Waals surface area contributed by atoms with Gasteiger partial charge in [0.2, 0.25) is 0 Å². The van der Waals surface area contributed by atoms with Gasteiger partial charge in [-0.3, -0.25) is 0 Å². The van der Waals surface area contributed by atoms with Gasteiger partial charge in [-0.15, -0.1) is 5.56 Å². The second-order valence-electron chi connectivity index (χ2n) is 11.3. The van der Waals surface area contributed by atoms with Crippen LogP contribution in [0, 0.1) is 12.0 Å². The van der Waals surface area contributed by atoms with Crippen LogP contribution in [-0.4, -0.2) is 15.4 Å². The number of carbonyl (C=O) groups is 1. The molecule has 44 heavy (non-hydrogen) atoms. The standard InChI is InChI=1S/C13H25NO.C13H9.C12H11Si.2ClH.Zr/c14-13(15)12-10-8-6-4-2-1-3-5-7-9-11-12;1-3-7-12-10(5-1)9-11-6-2-4-8-13(11)12;1-3-7-11(8-4-1)13-12-9-5-2-6-10-12;;;/h12H,1-11H2,(H2,14,15);1-5,7-8H,9H2;1-10,13H;2*1H;/q;-1;;;;+4/p-3. The molecule has 1 amide bonds. The van der Waals surface area contributed by atoms with Gasteiger partial charge in [0.15, 0.2) is 0 Å². The van der Waals surface area contributed by atoms with Crippen LogP contribution >= 0.6 is 17.0 Å². The Hall–Kier alpha value is -1.97. The number of carbonyl (C=O) groups excluding carboxylic acids is 1. The zero-order valence-electron chi connectivity index (χ0n) is 25.6. The first-order chi connectivity index (χ1) is 21.6. The van der Waals surface area contributed by atoms with E-state index in [0.717, 1.165) is 32.1 Å². The fraction of sp³-hybridized carbons (Fsp3) is 0.342. The fourth-order valence-corrected chi connectivity index (χ4v) is 6.93. The van der Waals surface area contributed by atoms with E-state index in [2.05, 4.69) is 103 Å². The molecule has 6 heteroatoms. The summed E-state index contributed by atoms with van der Waals surface area (Å²) >= 11 is -0.826. The zero-order valence-corrected chi connectivity index (χ0v) is 30.7. The molecule has 0 bridgehead atoms. The number of nitrogens with one attached hydrogen (secondary N) is 1. The van der Waals surface area contributed by atoms with E-state index in [1.165, 1.54) is 77.6 Å². The van der Waals surface area contributed by atoms with Gasteiger partial charge in [-0.2, -0.15) is 29.8 Å². The minimum atomic E-state index is -0.826. The summed E-state index contributed by atoms with van der Waals surface area (Å²) in [7, 11) is 10.1. The molecule has 4 aromatic rings. The number of hydrogen-bond acceptors (Lipinski definition) is 1. The molecule has 4 aromatic carbocycles. The minimum Gasteiger partial charge on any atom is -0.668 e. The predicted octanol–water partition coefficient (Wildman–Crippen LogP) is 9.99. The summed E-state index contributed by atoms with van der Waals surface area (Å²) in [6.45, 7) is 0. The van der Waals surface area contributed by atoms with Crippen LogP contribution in [0.3, 0.4) is 0 Å². The third kappa shape index (κ3) is 14.0. The number of benzene rings is 4. The molecule has 1 saturated carbocycles. The maximum absolute atomic E-state index is 11.1. The molecular formula is C38H44Cl2NOSiZr. The predicted molar refractivity (Wildman–Crippen MR) is 188 cm³/mol. The Balaban J connectivity index is 0.000000173. The number of halogens is 2. The van der Waals surface area contributed by atoms with Crippen molar-refractivity contribution in [2.45, 2.75) is 77.0 Å². The summed E-state index contributed by atoms with van der Waals surface area (Å²) in [4.78, 5) is 11.1. The quantitative estimate of drug-likeness (QED) is 0.135. The van der Waals surface area contributed by atoms with Gasteiger partial charge in [0, 0.05) is 5.92 Å². The van der Waals surface area contributed by atoms with Gasteiger partial charge in [-0.05, 0) is 19.3 Å². The number of amides is 1. The molecule has 0 spiro atoms. The van der Waals surface area contributed by atoms with Crippen molar-refractivity contribution in [3.05, 3.63) is 126 Å². The summed E-state index contributed by atoms with van der Waals surface area (Å²) < 4.78 is 0. The van der Waals surface area contributed by atoms with Gasteiger partial charge in [0.25, 0.3) is 0 Å². The van der Waals surface area contributed by atoms with Crippen LogP contribution < -0.4 is 10.4 Å². The van der Waals surface area contributed by atoms with E-state index in [9.17, 15) is 4.79 Å². The van der Waals surface area contributed by atoms with Gasteiger partial charge in [-0.25, -0.2) is 0 Å². The second-order valence-corrected chi connectivity index (χ2v) is 16.6. The molecular weight excluding hydrogens is 677 g/mol. The maximum Gasteiger partial charge on any atom is 0.103 e. The summed E-state index contributed by atoms with van der Waals surface area (Å²) in [5, 5.41) is 2.90. The molecule has 6 rings (SSSR count). The first kappa shape index (κ1) is 36.5. The van der Waals surface area contributed by atoms with Crippen molar-refractivity contribution in [3.63, 3.8) is 0 Å². The topological polar surface area (TPSA) is 40.9 Å². The van der Waals surface area contributed by atoms with Gasteiger partial charge < -0.3 is 10.5 Å². The SMILES string of the molecule is [Cl][Zr+2][Cl].[NH-]C(=O)C1CCCCCCCCCCC1.[c-]1cccc2c1Cc1ccccc1-2.c1ccc([SiH]c2ccccc2)cc1. The zero-order chi connectivity index (χ0) is 31.2. The Bertz CT molecular complexity index is 1250. The Morgan fingerprint density at radius 3 is 1.64 bits per heavy atom. The van der Waals surface area contributed by atoms with Crippen molar-refractivity contribution in [3.8, 4) is 11.1 Å². The third-order valence-corrected chi connectivity index (χ3v) is 9.46. The molecule has 2 aliphatic rings. The molecule has 0 unspecified atom stereocenters. The van der Waals surface area contributed by atoms with Crippen LogP contribution in [0.5, 0.6) is 0 Å². The third-order valence-electron chi connectivity index (χ3n) is 8.03. The van der Waals surface area contributed by atoms with Gasteiger partial charge in [-0.1, -0.05) is 164 Å². The minimum absolute atomic E-state index is 0.0458. The molecule has 2 aliphatic carbocycles. The van der Waals surface area contributed by atoms with Crippen LogP contribution in [0.2, 0.25) is 0 Å². The van der Waals surface area contributed by atoms with Crippen molar-refractivity contribution in [2.75, 3.05) is 0 Å². The van der Waals surface area contributed by atoms with Crippen molar-refractivity contribution < 1.29 is 25.6 Å². The van der Waals surface area contributed by atoms with Gasteiger partial charge in [0.1, 0.15) is 9.52 Å². The van der Waals surface area contributed by atoms with E-state index >= 15 is 0 Å². The molecule has 0 aliphatic heterocycles. The van der Waals surface area contributed by atoms with Crippen LogP contribution in [0.4, 0.5) is 0 Å². The molecule has 229 valence electrons. The van der Waals surface area contributed by atoms with E-state index in [0.29, 0.717) is 0 Å². The normalized spacial score (nSPS) is 14.5. The summed E-state index contributed by atoms with van der Waals surface area (Å²) in [5.41, 5.74) is 12.7. The number of hydrogen-bond donors (Lipinski definition) is 0. The smallest absolute Gasteiger partial charge is 0.103 e. The van der Waals surface area contributed by atoms with Crippen molar-refractivity contribution in [1.82, 2.24) is 0 Å². The van der Waals surface area contributed by atoms with E-state index < -0.39 is 20.8 Å². The van der Waals surface area contributed by atoms with Crippen LogP contribution in [0.15, 0.2) is 103 Å². The number of fused-ring (bicyclic) bond motifs is 3. The molecule has 1 radical (unpaired) electrons. The fourth-order valence-electron chi connectivity index (χ4n) is 5.71. The average Bonchev–Trinajstić information content (AvgIpc) is 3.42. The van der Waals surface area contributed by atoms with Gasteiger partial charge in [0.05, 0.1) is 5.91 Å². The Morgan fingerprint density at radius 2 is 1.11 bits per heavy atom. The largest absolute Gasteiger partial charge is 0.668 e. The molecule has 0 heterocycles. The summed E-state index contributed by atoms with van der Waals surface area (Å²) in [5.74, 6) is -0.281. The summed E-state index contributed by atoms with van der Waals surface area (Å²) in [6.07, 6.45) is 14.5. The van der Waals surface area contributed by atoms with E-state index in [1.54, 1.807) is 0 Å². The molecule has 2 nitrogen and oxygen atoms in total. The Morgan fingerprint density at radius 1 is 0.659 bits per heavy atom. The molecule has 0 aromatic heterocycles.